The third kappa shape index (κ3) is 4.47. The van der Waals surface area contributed by atoms with E-state index in [1.807, 2.05) is 0 Å². The lowest BCUT2D eigenvalue weighted by Gasteiger charge is -2.05. The summed E-state index contributed by atoms with van der Waals surface area (Å²) >= 11 is 1.33. The maximum absolute atomic E-state index is 12.0. The monoisotopic (exact) mass is 298 g/mol. The molecule has 2 rings (SSSR count). The van der Waals surface area contributed by atoms with Crippen LogP contribution in [0.5, 0.6) is 5.75 Å². The van der Waals surface area contributed by atoms with E-state index in [2.05, 4.69) is 15.5 Å². The highest BCUT2D eigenvalue weighted by atomic mass is 32.1. The first-order valence-corrected chi connectivity index (χ1v) is 6.52. The molecule has 5 nitrogen and oxygen atoms in total. The van der Waals surface area contributed by atoms with Gasteiger partial charge in [-0.1, -0.05) is 12.1 Å². The maximum Gasteiger partial charge on any atom is 0.272 e. The number of benzene rings is 1. The van der Waals surface area contributed by atoms with Crippen LogP contribution in [0.15, 0.2) is 34.7 Å². The number of thiazole rings is 1. The van der Waals surface area contributed by atoms with Gasteiger partial charge in [-0.2, -0.15) is 5.10 Å². The molecule has 3 N–H and O–H groups in total. The van der Waals surface area contributed by atoms with Gasteiger partial charge in [0.2, 0.25) is 5.13 Å². The van der Waals surface area contributed by atoms with Gasteiger partial charge < -0.3 is 10.5 Å². The van der Waals surface area contributed by atoms with Crippen molar-refractivity contribution < 1.29 is 13.5 Å². The number of aromatic nitrogens is 1. The fourth-order valence-electron chi connectivity index (χ4n) is 1.34. The number of alkyl halides is 2. The molecule has 0 aliphatic carbocycles. The molecule has 0 aliphatic heterocycles. The van der Waals surface area contributed by atoms with Crippen molar-refractivity contribution in [3.05, 3.63) is 35.2 Å². The number of hydrogen-bond acceptors (Lipinski definition) is 6. The minimum absolute atomic E-state index is 0.368. The number of nitrogens with zero attached hydrogens (tertiary/aromatic N) is 2. The molecule has 1 aromatic heterocycles. The predicted molar refractivity (Wildman–Crippen MR) is 75.7 cm³/mol. The second-order valence-electron chi connectivity index (χ2n) is 3.72. The van der Waals surface area contributed by atoms with Crippen LogP contribution >= 0.6 is 11.3 Å². The van der Waals surface area contributed by atoms with E-state index in [0.717, 1.165) is 0 Å². The van der Waals surface area contributed by atoms with Crippen LogP contribution in [0.3, 0.4) is 0 Å². The minimum Gasteiger partial charge on any atom is -0.488 e. The quantitative estimate of drug-likeness (QED) is 0.635. The van der Waals surface area contributed by atoms with Gasteiger partial charge in [0.25, 0.3) is 6.43 Å². The largest absolute Gasteiger partial charge is 0.488 e. The molecule has 0 bridgehead atoms. The lowest BCUT2D eigenvalue weighted by molar-refractivity contribution is 0.0819. The molecule has 0 radical (unpaired) electrons. The van der Waals surface area contributed by atoms with Crippen LogP contribution in [0.25, 0.3) is 0 Å². The van der Waals surface area contributed by atoms with E-state index in [1.165, 1.54) is 17.6 Å². The van der Waals surface area contributed by atoms with Gasteiger partial charge in [-0.15, -0.1) is 11.3 Å². The SMILES string of the molecule is Nc1csc(NN=Cc2cccc(OCC(F)F)c2)n1. The number of ether oxygens (including phenoxy) is 1. The average molecular weight is 298 g/mol. The zero-order chi connectivity index (χ0) is 14.4. The first-order valence-electron chi connectivity index (χ1n) is 5.64. The van der Waals surface area contributed by atoms with E-state index < -0.39 is 13.0 Å². The lowest BCUT2D eigenvalue weighted by Crippen LogP contribution is -2.07. The third-order valence-electron chi connectivity index (χ3n) is 2.13. The Labute approximate surface area is 118 Å². The van der Waals surface area contributed by atoms with Gasteiger partial charge in [0, 0.05) is 5.38 Å². The molecule has 2 aromatic rings. The Balaban J connectivity index is 1.93. The van der Waals surface area contributed by atoms with Crippen molar-refractivity contribution in [1.82, 2.24) is 4.98 Å². The molecule has 0 aliphatic rings. The molecule has 0 atom stereocenters. The van der Waals surface area contributed by atoms with Gasteiger partial charge in [0.15, 0.2) is 0 Å². The van der Waals surface area contributed by atoms with Crippen LogP contribution < -0.4 is 15.9 Å². The smallest absolute Gasteiger partial charge is 0.272 e. The summed E-state index contributed by atoms with van der Waals surface area (Å²) in [5.41, 5.74) is 8.90. The number of hydrazone groups is 1. The van der Waals surface area contributed by atoms with Crippen LogP contribution in [-0.2, 0) is 0 Å². The molecule has 0 amide bonds. The number of nitrogen functional groups attached to an aromatic ring is 1. The summed E-state index contributed by atoms with van der Waals surface area (Å²) in [6, 6.07) is 6.69. The van der Waals surface area contributed by atoms with Crippen molar-refractivity contribution in [1.29, 1.82) is 0 Å². The molecule has 0 unspecified atom stereocenters. The van der Waals surface area contributed by atoms with Crippen molar-refractivity contribution in [2.24, 2.45) is 5.10 Å². The molecule has 0 spiro atoms. The number of hydrogen-bond donors (Lipinski definition) is 2. The Morgan fingerprint density at radius 1 is 1.50 bits per heavy atom. The van der Waals surface area contributed by atoms with Crippen LogP contribution in [0.1, 0.15) is 5.56 Å². The average Bonchev–Trinajstić information content (AvgIpc) is 2.83. The molecule has 1 heterocycles. The molecule has 1 aromatic carbocycles. The van der Waals surface area contributed by atoms with Crippen molar-refractivity contribution in [2.45, 2.75) is 6.43 Å². The molecule has 20 heavy (non-hydrogen) atoms. The Bertz CT molecular complexity index is 588. The normalized spacial score (nSPS) is 11.2. The van der Waals surface area contributed by atoms with Crippen LogP contribution in [0.2, 0.25) is 0 Å². The highest BCUT2D eigenvalue weighted by Gasteiger charge is 2.03. The predicted octanol–water partition coefficient (Wildman–Crippen LogP) is 2.82. The number of halogens is 2. The summed E-state index contributed by atoms with van der Waals surface area (Å²) in [5.74, 6) is 0.794. The van der Waals surface area contributed by atoms with Gasteiger partial charge in [-0.3, -0.25) is 5.43 Å². The van der Waals surface area contributed by atoms with Gasteiger partial charge in [-0.25, -0.2) is 13.8 Å². The van der Waals surface area contributed by atoms with Crippen LogP contribution in [0.4, 0.5) is 19.7 Å². The minimum atomic E-state index is -2.50. The van der Waals surface area contributed by atoms with E-state index in [0.29, 0.717) is 22.3 Å². The first-order chi connectivity index (χ1) is 9.63. The van der Waals surface area contributed by atoms with E-state index in [-0.39, 0.29) is 0 Å². The van der Waals surface area contributed by atoms with Crippen molar-refractivity contribution in [2.75, 3.05) is 17.8 Å². The van der Waals surface area contributed by atoms with Crippen molar-refractivity contribution >= 4 is 28.5 Å². The summed E-state index contributed by atoms with van der Waals surface area (Å²) in [7, 11) is 0. The molecule has 106 valence electrons. The standard InChI is InChI=1S/C12H12F2N4OS/c13-10(14)6-19-9-3-1-2-8(4-9)5-16-18-12-17-11(15)7-20-12/h1-5,7,10H,6,15H2,(H,17,18). The highest BCUT2D eigenvalue weighted by molar-refractivity contribution is 7.14. The number of rotatable bonds is 6. The number of nitrogens with two attached hydrogens (primary N) is 1. The summed E-state index contributed by atoms with van der Waals surface area (Å²) in [6.45, 7) is -0.628. The third-order valence-corrected chi connectivity index (χ3v) is 2.90. The summed E-state index contributed by atoms with van der Waals surface area (Å²) in [4.78, 5) is 3.97. The molecule has 0 fully saturated rings. The fraction of sp³-hybridized carbons (Fsp3) is 0.167. The van der Waals surface area contributed by atoms with Crippen molar-refractivity contribution in [3.63, 3.8) is 0 Å². The van der Waals surface area contributed by atoms with Crippen LogP contribution in [0, 0.1) is 0 Å². The van der Waals surface area contributed by atoms with Gasteiger partial charge in [0.1, 0.15) is 18.2 Å². The Morgan fingerprint density at radius 3 is 3.05 bits per heavy atom. The number of anilines is 2. The molecular weight excluding hydrogens is 286 g/mol. The maximum atomic E-state index is 12.0. The van der Waals surface area contributed by atoms with E-state index in [4.69, 9.17) is 10.5 Å². The molecule has 0 saturated carbocycles. The topological polar surface area (TPSA) is 72.5 Å². The molecule has 0 saturated heterocycles. The second-order valence-corrected chi connectivity index (χ2v) is 4.58. The highest BCUT2D eigenvalue weighted by Crippen LogP contribution is 2.16. The van der Waals surface area contributed by atoms with E-state index in [1.54, 1.807) is 29.6 Å². The molecular formula is C12H12F2N4OS. The Kier molecular flexibility index (Phi) is 4.83. The van der Waals surface area contributed by atoms with Crippen LogP contribution in [-0.4, -0.2) is 24.2 Å². The fourth-order valence-corrected chi connectivity index (χ4v) is 1.89. The lowest BCUT2D eigenvalue weighted by atomic mass is 10.2. The van der Waals surface area contributed by atoms with E-state index in [9.17, 15) is 8.78 Å². The van der Waals surface area contributed by atoms with Gasteiger partial charge in [-0.05, 0) is 17.7 Å². The summed E-state index contributed by atoms with van der Waals surface area (Å²) in [6.07, 6.45) is -0.961. The van der Waals surface area contributed by atoms with Gasteiger partial charge in [0.05, 0.1) is 6.21 Å². The Hall–Kier alpha value is -2.22. The summed E-state index contributed by atoms with van der Waals surface area (Å²) < 4.78 is 29.0. The number of nitrogens with one attached hydrogen (secondary N) is 1. The zero-order valence-corrected chi connectivity index (χ0v) is 11.1. The summed E-state index contributed by atoms with van der Waals surface area (Å²) in [5, 5.41) is 6.24. The second kappa shape index (κ2) is 6.80. The first kappa shape index (κ1) is 14.2. The van der Waals surface area contributed by atoms with Crippen molar-refractivity contribution in [3.8, 4) is 5.75 Å². The van der Waals surface area contributed by atoms with Gasteiger partial charge >= 0.3 is 0 Å². The van der Waals surface area contributed by atoms with E-state index >= 15 is 0 Å². The molecule has 8 heteroatoms. The zero-order valence-electron chi connectivity index (χ0n) is 10.3. The Morgan fingerprint density at radius 2 is 2.35 bits per heavy atom.